The van der Waals surface area contributed by atoms with Crippen molar-refractivity contribution in [3.8, 4) is 11.1 Å². The Kier molecular flexibility index (Phi) is 9.08. The van der Waals surface area contributed by atoms with Gasteiger partial charge in [-0.1, -0.05) is 6.07 Å². The van der Waals surface area contributed by atoms with E-state index in [1.165, 1.54) is 18.3 Å². The summed E-state index contributed by atoms with van der Waals surface area (Å²) < 4.78 is 24.7. The summed E-state index contributed by atoms with van der Waals surface area (Å²) in [5.41, 5.74) is 1.44. The van der Waals surface area contributed by atoms with Crippen molar-refractivity contribution in [3.05, 3.63) is 42.5 Å². The lowest BCUT2D eigenvalue weighted by molar-refractivity contribution is -0.157. The molecule has 1 aromatic heterocycles. The zero-order valence-corrected chi connectivity index (χ0v) is 17.7. The summed E-state index contributed by atoms with van der Waals surface area (Å²) in [6.07, 6.45) is 4.22. The lowest BCUT2D eigenvalue weighted by Gasteiger charge is -2.24. The number of ether oxygens (including phenoxy) is 2. The van der Waals surface area contributed by atoms with E-state index in [0.29, 0.717) is 16.9 Å². The maximum absolute atomic E-state index is 14.9. The molecule has 1 aromatic carbocycles. The number of aliphatic hydroxyl groups is 1. The van der Waals surface area contributed by atoms with Gasteiger partial charge in [-0.15, -0.1) is 0 Å². The Bertz CT molecular complexity index is 903. The summed E-state index contributed by atoms with van der Waals surface area (Å²) in [5.74, 6) is -3.43. The number of esters is 2. The molecule has 9 heteroatoms. The van der Waals surface area contributed by atoms with Gasteiger partial charge in [-0.3, -0.25) is 19.6 Å². The van der Waals surface area contributed by atoms with Crippen LogP contribution in [0.5, 0.6) is 0 Å². The van der Waals surface area contributed by atoms with Crippen LogP contribution < -0.4 is 4.90 Å². The molecule has 0 aliphatic heterocycles. The zero-order chi connectivity index (χ0) is 22.8. The molecule has 0 fully saturated rings. The number of carbonyl (C=O) groups excluding carboxylic acids is 2. The Hall–Kier alpha value is -3.33. The van der Waals surface area contributed by atoms with Crippen LogP contribution in [0, 0.1) is 11.7 Å². The number of hydrogen-bond donors (Lipinski definition) is 1. The van der Waals surface area contributed by atoms with E-state index in [-0.39, 0.29) is 31.9 Å². The second-order valence-corrected chi connectivity index (χ2v) is 6.44. The molecule has 0 radical (unpaired) electrons. The van der Waals surface area contributed by atoms with Gasteiger partial charge in [0.2, 0.25) is 0 Å². The molecule has 1 heterocycles. The standard InChI is InChI=1S/C22H26FN3O5/c1-4-30-21(28)16(22(29)31-5-2)14-25-18-9-8-17(23)19(15-7-6-10-24-13-15)20(18)26(3)11-12-27/h6-10,13-14,16,27H,4-5,11-12H2,1-3H3. The molecule has 0 saturated heterocycles. The Morgan fingerprint density at radius 3 is 2.45 bits per heavy atom. The lowest BCUT2D eigenvalue weighted by Crippen LogP contribution is -2.29. The van der Waals surface area contributed by atoms with Crippen LogP contribution in [0.4, 0.5) is 15.8 Å². The highest BCUT2D eigenvalue weighted by atomic mass is 19.1. The minimum absolute atomic E-state index is 0.0920. The van der Waals surface area contributed by atoms with Gasteiger partial charge in [-0.25, -0.2) is 4.39 Å². The number of anilines is 1. The Labute approximate surface area is 180 Å². The number of aromatic nitrogens is 1. The maximum atomic E-state index is 14.9. The molecule has 0 bridgehead atoms. The summed E-state index contributed by atoms with van der Waals surface area (Å²) in [6, 6.07) is 6.06. The highest BCUT2D eigenvalue weighted by Gasteiger charge is 2.28. The van der Waals surface area contributed by atoms with E-state index >= 15 is 0 Å². The van der Waals surface area contributed by atoms with Crippen LogP contribution in [0.3, 0.4) is 0 Å². The first-order chi connectivity index (χ1) is 14.9. The SMILES string of the molecule is CCOC(=O)C(C=Nc1ccc(F)c(-c2cccnc2)c1N(C)CCO)C(=O)OCC. The molecule has 0 aliphatic rings. The van der Waals surface area contributed by atoms with E-state index in [9.17, 15) is 19.1 Å². The van der Waals surface area contributed by atoms with Crippen molar-refractivity contribution < 1.29 is 28.6 Å². The fourth-order valence-electron chi connectivity index (χ4n) is 2.93. The molecular formula is C22H26FN3O5. The van der Waals surface area contributed by atoms with E-state index < -0.39 is 23.7 Å². The van der Waals surface area contributed by atoms with Gasteiger partial charge in [0.25, 0.3) is 0 Å². The summed E-state index contributed by atoms with van der Waals surface area (Å²) >= 11 is 0. The average Bonchev–Trinajstić information content (AvgIpc) is 2.75. The predicted molar refractivity (Wildman–Crippen MR) is 115 cm³/mol. The highest BCUT2D eigenvalue weighted by Crippen LogP contribution is 2.40. The smallest absolute Gasteiger partial charge is 0.325 e. The van der Waals surface area contributed by atoms with Crippen LogP contribution in [0.2, 0.25) is 0 Å². The molecule has 2 aromatic rings. The monoisotopic (exact) mass is 431 g/mol. The third kappa shape index (κ3) is 6.08. The van der Waals surface area contributed by atoms with Crippen molar-refractivity contribution in [2.45, 2.75) is 13.8 Å². The molecule has 0 atom stereocenters. The van der Waals surface area contributed by atoms with E-state index in [1.54, 1.807) is 44.1 Å². The molecule has 1 N–H and O–H groups in total. The predicted octanol–water partition coefficient (Wildman–Crippen LogP) is 2.76. The summed E-state index contributed by atoms with van der Waals surface area (Å²) in [6.45, 7) is 3.47. The van der Waals surface area contributed by atoms with Crippen LogP contribution in [0.25, 0.3) is 11.1 Å². The number of carbonyl (C=O) groups is 2. The third-order valence-electron chi connectivity index (χ3n) is 4.32. The first kappa shape index (κ1) is 23.9. The fraction of sp³-hybridized carbons (Fsp3) is 0.364. The molecule has 0 unspecified atom stereocenters. The number of aliphatic hydroxyl groups excluding tert-OH is 1. The first-order valence-corrected chi connectivity index (χ1v) is 9.86. The zero-order valence-electron chi connectivity index (χ0n) is 17.7. The molecule has 0 amide bonds. The van der Waals surface area contributed by atoms with E-state index in [1.807, 2.05) is 0 Å². The quantitative estimate of drug-likeness (QED) is 0.351. The van der Waals surface area contributed by atoms with Crippen molar-refractivity contribution in [1.29, 1.82) is 0 Å². The van der Waals surface area contributed by atoms with Crippen molar-refractivity contribution in [1.82, 2.24) is 4.98 Å². The van der Waals surface area contributed by atoms with Gasteiger partial charge in [-0.2, -0.15) is 0 Å². The van der Waals surface area contributed by atoms with Crippen molar-refractivity contribution >= 4 is 29.5 Å². The number of nitrogens with zero attached hydrogens (tertiary/aromatic N) is 3. The van der Waals surface area contributed by atoms with Gasteiger partial charge in [0.05, 0.1) is 31.2 Å². The van der Waals surface area contributed by atoms with Crippen LogP contribution in [-0.2, 0) is 19.1 Å². The minimum Gasteiger partial charge on any atom is -0.465 e. The number of aliphatic imine (C=N–C) groups is 1. The van der Waals surface area contributed by atoms with Gasteiger partial charge in [0.15, 0.2) is 5.92 Å². The van der Waals surface area contributed by atoms with Crippen molar-refractivity contribution in [2.75, 3.05) is 38.3 Å². The van der Waals surface area contributed by atoms with Gasteiger partial charge in [0.1, 0.15) is 5.82 Å². The number of rotatable bonds is 10. The lowest BCUT2D eigenvalue weighted by atomic mass is 10.0. The maximum Gasteiger partial charge on any atom is 0.325 e. The van der Waals surface area contributed by atoms with Gasteiger partial charge in [-0.05, 0) is 32.0 Å². The van der Waals surface area contributed by atoms with Gasteiger partial charge in [0, 0.05) is 43.3 Å². The number of hydrogen-bond acceptors (Lipinski definition) is 8. The fourth-order valence-corrected chi connectivity index (χ4v) is 2.93. The normalized spacial score (nSPS) is 11.0. The second-order valence-electron chi connectivity index (χ2n) is 6.44. The number of benzene rings is 1. The number of pyridine rings is 1. The Morgan fingerprint density at radius 2 is 1.90 bits per heavy atom. The Morgan fingerprint density at radius 1 is 1.23 bits per heavy atom. The summed E-state index contributed by atoms with van der Waals surface area (Å²) in [5, 5.41) is 9.39. The first-order valence-electron chi connectivity index (χ1n) is 9.86. The minimum atomic E-state index is -1.36. The molecule has 31 heavy (non-hydrogen) atoms. The molecule has 8 nitrogen and oxygen atoms in total. The molecule has 0 spiro atoms. The van der Waals surface area contributed by atoms with E-state index in [4.69, 9.17) is 9.47 Å². The van der Waals surface area contributed by atoms with Crippen LogP contribution >= 0.6 is 0 Å². The van der Waals surface area contributed by atoms with Crippen molar-refractivity contribution in [3.63, 3.8) is 0 Å². The topological polar surface area (TPSA) is 101 Å². The van der Waals surface area contributed by atoms with Crippen LogP contribution in [0.15, 0.2) is 41.7 Å². The second kappa shape index (κ2) is 11.8. The highest BCUT2D eigenvalue weighted by molar-refractivity contribution is 6.09. The Balaban J connectivity index is 2.58. The van der Waals surface area contributed by atoms with Crippen LogP contribution in [-0.4, -0.2) is 61.7 Å². The van der Waals surface area contributed by atoms with Gasteiger partial charge < -0.3 is 19.5 Å². The summed E-state index contributed by atoms with van der Waals surface area (Å²) in [7, 11) is 1.68. The van der Waals surface area contributed by atoms with Gasteiger partial charge >= 0.3 is 11.9 Å². The van der Waals surface area contributed by atoms with Crippen molar-refractivity contribution in [2.24, 2.45) is 10.9 Å². The molecule has 0 saturated carbocycles. The molecular weight excluding hydrogens is 405 g/mol. The number of likely N-dealkylation sites (N-methyl/N-ethyl adjacent to an activating group) is 1. The average molecular weight is 431 g/mol. The summed E-state index contributed by atoms with van der Waals surface area (Å²) in [4.78, 5) is 34.4. The van der Waals surface area contributed by atoms with Crippen LogP contribution in [0.1, 0.15) is 13.8 Å². The number of halogens is 1. The largest absolute Gasteiger partial charge is 0.465 e. The third-order valence-corrected chi connectivity index (χ3v) is 4.32. The molecule has 166 valence electrons. The van der Waals surface area contributed by atoms with E-state index in [2.05, 4.69) is 9.98 Å². The molecule has 0 aliphatic carbocycles. The molecule has 2 rings (SSSR count). The van der Waals surface area contributed by atoms with E-state index in [0.717, 1.165) is 6.21 Å².